The number of nitrogens with one attached hydrogen (secondary N) is 1. The van der Waals surface area contributed by atoms with Crippen LogP contribution in [0.3, 0.4) is 0 Å². The highest BCUT2D eigenvalue weighted by Gasteiger charge is 2.40. The maximum absolute atomic E-state index is 12.8. The topological polar surface area (TPSA) is 111 Å². The normalized spacial score (nSPS) is 21.5. The Morgan fingerprint density at radius 3 is 2.71 bits per heavy atom. The molecule has 1 N–H and O–H groups in total. The van der Waals surface area contributed by atoms with Crippen LogP contribution in [0.1, 0.15) is 24.8 Å². The first-order valence-electron chi connectivity index (χ1n) is 10.3. The van der Waals surface area contributed by atoms with Crippen LogP contribution < -0.4 is 10.1 Å². The predicted octanol–water partition coefficient (Wildman–Crippen LogP) is 2.98. The zero-order chi connectivity index (χ0) is 22.0. The minimum Gasteiger partial charge on any atom is -0.494 e. The van der Waals surface area contributed by atoms with Gasteiger partial charge in [-0.1, -0.05) is 12.1 Å². The highest BCUT2D eigenvalue weighted by atomic mass is 32.2. The van der Waals surface area contributed by atoms with Crippen molar-refractivity contribution >= 4 is 21.4 Å². The summed E-state index contributed by atoms with van der Waals surface area (Å²) < 4.78 is 37.7. The highest BCUT2D eigenvalue weighted by Crippen LogP contribution is 2.45. The van der Waals surface area contributed by atoms with E-state index in [1.165, 1.54) is 16.4 Å². The first-order valence-corrected chi connectivity index (χ1v) is 11.7. The standard InChI is InChI=1S/C21H25N3O6S/c1-2-30-16-5-3-4-15(12-16)18-14-20(18)22-19-7-6-17(13-21(19)24(25)26)31(27,28)23-8-10-29-11-9-23/h3-7,12-13,18,20,22H,2,8-11,14H2,1H3/t18-,20-/m0/s1. The molecule has 2 aliphatic rings. The van der Waals surface area contributed by atoms with E-state index in [1.54, 1.807) is 0 Å². The number of nitro benzene ring substituents is 1. The molecule has 4 rings (SSSR count). The Morgan fingerprint density at radius 2 is 2.00 bits per heavy atom. The number of nitrogens with zero attached hydrogens (tertiary/aromatic N) is 2. The Morgan fingerprint density at radius 1 is 1.23 bits per heavy atom. The van der Waals surface area contributed by atoms with Crippen molar-refractivity contribution in [1.29, 1.82) is 0 Å². The van der Waals surface area contributed by atoms with Crippen molar-refractivity contribution in [3.63, 3.8) is 0 Å². The molecule has 1 saturated heterocycles. The van der Waals surface area contributed by atoms with Gasteiger partial charge in [-0.3, -0.25) is 10.1 Å². The maximum Gasteiger partial charge on any atom is 0.293 e. The molecule has 1 aliphatic carbocycles. The predicted molar refractivity (Wildman–Crippen MR) is 115 cm³/mol. The summed E-state index contributed by atoms with van der Waals surface area (Å²) in [6.45, 7) is 3.61. The van der Waals surface area contributed by atoms with Crippen molar-refractivity contribution in [3.05, 3.63) is 58.1 Å². The lowest BCUT2D eigenvalue weighted by Gasteiger charge is -2.26. The SMILES string of the molecule is CCOc1cccc([C@@H]2C[C@@H]2Nc2ccc(S(=O)(=O)N3CCOCC3)cc2[N+](=O)[O-])c1. The minimum absolute atomic E-state index is 0.0391. The van der Waals surface area contributed by atoms with Gasteiger partial charge in [-0.05, 0) is 43.2 Å². The lowest BCUT2D eigenvalue weighted by atomic mass is 10.1. The van der Waals surface area contributed by atoms with Gasteiger partial charge >= 0.3 is 0 Å². The van der Waals surface area contributed by atoms with E-state index in [1.807, 2.05) is 31.2 Å². The lowest BCUT2D eigenvalue weighted by Crippen LogP contribution is -2.40. The molecule has 9 nitrogen and oxygen atoms in total. The van der Waals surface area contributed by atoms with Gasteiger partial charge in [0.2, 0.25) is 10.0 Å². The average molecular weight is 448 g/mol. The fourth-order valence-electron chi connectivity index (χ4n) is 3.81. The number of anilines is 1. The summed E-state index contributed by atoms with van der Waals surface area (Å²) in [5.74, 6) is 1.02. The maximum atomic E-state index is 12.8. The lowest BCUT2D eigenvalue weighted by molar-refractivity contribution is -0.384. The van der Waals surface area contributed by atoms with Gasteiger partial charge < -0.3 is 14.8 Å². The Balaban J connectivity index is 1.52. The number of nitro groups is 1. The first kappa shape index (κ1) is 21.5. The van der Waals surface area contributed by atoms with Crippen molar-refractivity contribution in [2.75, 3.05) is 38.2 Å². The van der Waals surface area contributed by atoms with E-state index < -0.39 is 14.9 Å². The molecule has 0 unspecified atom stereocenters. The van der Waals surface area contributed by atoms with E-state index in [-0.39, 0.29) is 35.6 Å². The van der Waals surface area contributed by atoms with Crippen LogP contribution in [-0.2, 0) is 14.8 Å². The Hall–Kier alpha value is -2.69. The van der Waals surface area contributed by atoms with Gasteiger partial charge in [0.15, 0.2) is 0 Å². The Labute approximate surface area is 181 Å². The number of sulfonamides is 1. The van der Waals surface area contributed by atoms with Crippen LogP contribution in [0.4, 0.5) is 11.4 Å². The second-order valence-corrected chi connectivity index (χ2v) is 9.49. The van der Waals surface area contributed by atoms with E-state index in [0.29, 0.717) is 25.5 Å². The Kier molecular flexibility index (Phi) is 6.12. The van der Waals surface area contributed by atoms with Crippen LogP contribution in [0.2, 0.25) is 0 Å². The van der Waals surface area contributed by atoms with Gasteiger partial charge in [0, 0.05) is 31.1 Å². The molecular formula is C21H25N3O6S. The number of rotatable bonds is 8. The van der Waals surface area contributed by atoms with Gasteiger partial charge in [-0.15, -0.1) is 0 Å². The zero-order valence-electron chi connectivity index (χ0n) is 17.2. The fraction of sp³-hybridized carbons (Fsp3) is 0.429. The van der Waals surface area contributed by atoms with Crippen LogP contribution in [0.5, 0.6) is 5.75 Å². The molecule has 2 aromatic carbocycles. The number of morpholine rings is 1. The first-order chi connectivity index (χ1) is 14.9. The summed E-state index contributed by atoms with van der Waals surface area (Å²) in [4.78, 5) is 11.0. The fourth-order valence-corrected chi connectivity index (χ4v) is 5.23. The smallest absolute Gasteiger partial charge is 0.293 e. The number of ether oxygens (including phenoxy) is 2. The molecule has 2 atom stereocenters. The van der Waals surface area contributed by atoms with Crippen LogP contribution in [-0.4, -0.2) is 56.6 Å². The molecule has 2 aromatic rings. The number of benzene rings is 2. The summed E-state index contributed by atoms with van der Waals surface area (Å²) in [6.07, 6.45) is 0.834. The molecular weight excluding hydrogens is 422 g/mol. The van der Waals surface area contributed by atoms with Crippen molar-refractivity contribution in [1.82, 2.24) is 4.31 Å². The van der Waals surface area contributed by atoms with Crippen LogP contribution in [0.15, 0.2) is 47.4 Å². The summed E-state index contributed by atoms with van der Waals surface area (Å²) in [5, 5.41) is 14.9. The van der Waals surface area contributed by atoms with E-state index in [4.69, 9.17) is 9.47 Å². The summed E-state index contributed by atoms with van der Waals surface area (Å²) >= 11 is 0. The van der Waals surface area contributed by atoms with Gasteiger partial charge in [0.1, 0.15) is 11.4 Å². The van der Waals surface area contributed by atoms with Crippen LogP contribution >= 0.6 is 0 Å². The van der Waals surface area contributed by atoms with Gasteiger partial charge in [-0.25, -0.2) is 8.42 Å². The quantitative estimate of drug-likeness (QED) is 0.489. The van der Waals surface area contributed by atoms with Crippen molar-refractivity contribution < 1.29 is 22.8 Å². The van der Waals surface area contributed by atoms with Gasteiger partial charge in [-0.2, -0.15) is 4.31 Å². The summed E-state index contributed by atoms with van der Waals surface area (Å²) in [7, 11) is -3.80. The van der Waals surface area contributed by atoms with Gasteiger partial charge in [0.05, 0.1) is 29.6 Å². The minimum atomic E-state index is -3.80. The molecule has 166 valence electrons. The second-order valence-electron chi connectivity index (χ2n) is 7.55. The average Bonchev–Trinajstić information content (AvgIpc) is 3.54. The highest BCUT2D eigenvalue weighted by molar-refractivity contribution is 7.89. The van der Waals surface area contributed by atoms with Crippen molar-refractivity contribution in [3.8, 4) is 5.75 Å². The van der Waals surface area contributed by atoms with Crippen LogP contribution in [0, 0.1) is 10.1 Å². The van der Waals surface area contributed by atoms with E-state index >= 15 is 0 Å². The molecule has 10 heteroatoms. The molecule has 2 fully saturated rings. The number of hydrogen-bond acceptors (Lipinski definition) is 7. The monoisotopic (exact) mass is 447 g/mol. The molecule has 0 bridgehead atoms. The zero-order valence-corrected chi connectivity index (χ0v) is 18.0. The molecule has 1 aliphatic heterocycles. The molecule has 0 amide bonds. The van der Waals surface area contributed by atoms with Crippen LogP contribution in [0.25, 0.3) is 0 Å². The van der Waals surface area contributed by atoms with E-state index in [0.717, 1.165) is 23.8 Å². The molecule has 0 aromatic heterocycles. The molecule has 1 heterocycles. The third kappa shape index (κ3) is 4.65. The van der Waals surface area contributed by atoms with Crippen molar-refractivity contribution in [2.45, 2.75) is 30.2 Å². The molecule has 0 spiro atoms. The third-order valence-electron chi connectivity index (χ3n) is 5.50. The summed E-state index contributed by atoms with van der Waals surface area (Å²) in [5.41, 5.74) is 1.18. The van der Waals surface area contributed by atoms with Crippen molar-refractivity contribution in [2.24, 2.45) is 0 Å². The Bertz CT molecular complexity index is 1070. The summed E-state index contributed by atoms with van der Waals surface area (Å²) in [6, 6.07) is 11.9. The van der Waals surface area contributed by atoms with E-state index in [9.17, 15) is 18.5 Å². The van der Waals surface area contributed by atoms with E-state index in [2.05, 4.69) is 5.32 Å². The third-order valence-corrected chi connectivity index (χ3v) is 7.40. The second kappa shape index (κ2) is 8.81. The molecule has 31 heavy (non-hydrogen) atoms. The number of hydrogen-bond donors (Lipinski definition) is 1. The largest absolute Gasteiger partial charge is 0.494 e. The molecule has 1 saturated carbocycles. The van der Waals surface area contributed by atoms with Gasteiger partial charge in [0.25, 0.3) is 5.69 Å². The molecule has 0 radical (unpaired) electrons.